The number of aromatic hydroxyl groups is 1. The van der Waals surface area contributed by atoms with Crippen LogP contribution in [0.15, 0.2) is 18.2 Å². The lowest BCUT2D eigenvalue weighted by atomic mass is 10.1. The van der Waals surface area contributed by atoms with Crippen molar-refractivity contribution in [1.29, 1.82) is 0 Å². The van der Waals surface area contributed by atoms with Gasteiger partial charge in [-0.25, -0.2) is 0 Å². The van der Waals surface area contributed by atoms with Crippen molar-refractivity contribution in [2.24, 2.45) is 5.92 Å². The van der Waals surface area contributed by atoms with Gasteiger partial charge in [0.15, 0.2) is 6.61 Å². The zero-order valence-corrected chi connectivity index (χ0v) is 9.43. The number of rotatable bonds is 2. The van der Waals surface area contributed by atoms with Crippen molar-refractivity contribution in [2.75, 3.05) is 18.1 Å². The first kappa shape index (κ1) is 10.8. The van der Waals surface area contributed by atoms with Gasteiger partial charge in [0.2, 0.25) is 0 Å². The summed E-state index contributed by atoms with van der Waals surface area (Å²) in [6, 6.07) is 4.81. The highest BCUT2D eigenvalue weighted by molar-refractivity contribution is 5.97. The summed E-state index contributed by atoms with van der Waals surface area (Å²) in [5.41, 5.74) is 0.739. The van der Waals surface area contributed by atoms with Crippen LogP contribution in [0.5, 0.6) is 11.5 Å². The van der Waals surface area contributed by atoms with E-state index < -0.39 is 0 Å². The summed E-state index contributed by atoms with van der Waals surface area (Å²) in [5.74, 6) is 1.08. The zero-order valence-electron chi connectivity index (χ0n) is 9.43. The minimum absolute atomic E-state index is 0.0353. The van der Waals surface area contributed by atoms with Gasteiger partial charge in [0, 0.05) is 12.6 Å². The summed E-state index contributed by atoms with van der Waals surface area (Å²) >= 11 is 0. The third-order valence-corrected chi connectivity index (χ3v) is 2.43. The van der Waals surface area contributed by atoms with Crippen molar-refractivity contribution in [3.05, 3.63) is 18.2 Å². The molecular weight excluding hydrogens is 206 g/mol. The maximum Gasteiger partial charge on any atom is 0.265 e. The molecule has 0 spiro atoms. The predicted octanol–water partition coefficient (Wildman–Crippen LogP) is 1.77. The van der Waals surface area contributed by atoms with E-state index >= 15 is 0 Å². The highest BCUT2D eigenvalue weighted by Crippen LogP contribution is 2.35. The fraction of sp³-hybridized carbons (Fsp3) is 0.417. The first-order valence-electron chi connectivity index (χ1n) is 5.34. The van der Waals surface area contributed by atoms with Crippen molar-refractivity contribution in [1.82, 2.24) is 0 Å². The smallest absolute Gasteiger partial charge is 0.265 e. The zero-order chi connectivity index (χ0) is 11.7. The molecule has 0 atom stereocenters. The van der Waals surface area contributed by atoms with E-state index in [0.29, 0.717) is 18.2 Å². The van der Waals surface area contributed by atoms with E-state index in [4.69, 9.17) is 4.74 Å². The fourth-order valence-electron chi connectivity index (χ4n) is 1.76. The van der Waals surface area contributed by atoms with Gasteiger partial charge in [0.05, 0.1) is 5.69 Å². The number of benzene rings is 1. The number of ether oxygens (including phenoxy) is 1. The Bertz CT molecular complexity index is 415. The van der Waals surface area contributed by atoms with Gasteiger partial charge in [-0.15, -0.1) is 0 Å². The van der Waals surface area contributed by atoms with Crippen LogP contribution in [-0.4, -0.2) is 24.2 Å². The van der Waals surface area contributed by atoms with Gasteiger partial charge in [-0.1, -0.05) is 13.8 Å². The molecule has 1 aromatic carbocycles. The molecule has 4 nitrogen and oxygen atoms in total. The van der Waals surface area contributed by atoms with Crippen molar-refractivity contribution < 1.29 is 14.6 Å². The van der Waals surface area contributed by atoms with E-state index in [2.05, 4.69) is 13.8 Å². The molecule has 0 bridgehead atoms. The summed E-state index contributed by atoms with van der Waals surface area (Å²) in [4.78, 5) is 13.4. The average Bonchev–Trinajstić information content (AvgIpc) is 2.22. The lowest BCUT2D eigenvalue weighted by Crippen LogP contribution is -2.40. The van der Waals surface area contributed by atoms with E-state index in [1.165, 1.54) is 6.07 Å². The maximum absolute atomic E-state index is 11.7. The van der Waals surface area contributed by atoms with Crippen LogP contribution < -0.4 is 9.64 Å². The first-order chi connectivity index (χ1) is 7.58. The highest BCUT2D eigenvalue weighted by Gasteiger charge is 2.25. The molecule has 0 aromatic heterocycles. The Morgan fingerprint density at radius 1 is 1.50 bits per heavy atom. The van der Waals surface area contributed by atoms with E-state index in [9.17, 15) is 9.90 Å². The molecule has 0 fully saturated rings. The number of carbonyl (C=O) groups is 1. The van der Waals surface area contributed by atoms with Crippen LogP contribution in [-0.2, 0) is 4.79 Å². The minimum atomic E-state index is -0.0353. The second-order valence-electron chi connectivity index (χ2n) is 4.34. The molecule has 1 heterocycles. The Kier molecular flexibility index (Phi) is 2.73. The number of hydrogen-bond donors (Lipinski definition) is 1. The Balaban J connectivity index is 2.36. The van der Waals surface area contributed by atoms with Gasteiger partial charge in [-0.2, -0.15) is 0 Å². The van der Waals surface area contributed by atoms with Crippen molar-refractivity contribution >= 4 is 11.6 Å². The highest BCUT2D eigenvalue weighted by atomic mass is 16.5. The molecule has 0 radical (unpaired) electrons. The van der Waals surface area contributed by atoms with Crippen molar-refractivity contribution in [2.45, 2.75) is 13.8 Å². The van der Waals surface area contributed by atoms with E-state index in [-0.39, 0.29) is 18.3 Å². The number of anilines is 1. The average molecular weight is 221 g/mol. The first-order valence-corrected chi connectivity index (χ1v) is 5.34. The Hall–Kier alpha value is -1.71. The molecule has 0 aliphatic carbocycles. The molecule has 1 aliphatic rings. The Morgan fingerprint density at radius 3 is 2.94 bits per heavy atom. The number of fused-ring (bicyclic) bond motifs is 1. The fourth-order valence-corrected chi connectivity index (χ4v) is 1.76. The number of carbonyl (C=O) groups excluding carboxylic acids is 1. The summed E-state index contributed by atoms with van der Waals surface area (Å²) in [7, 11) is 0. The number of hydrogen-bond acceptors (Lipinski definition) is 3. The van der Waals surface area contributed by atoms with Crippen molar-refractivity contribution in [3.63, 3.8) is 0 Å². The van der Waals surface area contributed by atoms with E-state index in [0.717, 1.165) is 5.69 Å². The molecule has 0 saturated heterocycles. The summed E-state index contributed by atoms with van der Waals surface area (Å²) in [6.07, 6.45) is 0. The molecule has 4 heteroatoms. The van der Waals surface area contributed by atoms with Crippen LogP contribution in [0.25, 0.3) is 0 Å². The van der Waals surface area contributed by atoms with Gasteiger partial charge < -0.3 is 14.7 Å². The van der Waals surface area contributed by atoms with Crippen LogP contribution in [0, 0.1) is 5.92 Å². The van der Waals surface area contributed by atoms with Crippen LogP contribution in [0.3, 0.4) is 0 Å². The molecule has 86 valence electrons. The molecule has 16 heavy (non-hydrogen) atoms. The third kappa shape index (κ3) is 1.96. The molecule has 1 aromatic rings. The molecule has 1 amide bonds. The molecular formula is C12H15NO3. The summed E-state index contributed by atoms with van der Waals surface area (Å²) in [6.45, 7) is 4.83. The second kappa shape index (κ2) is 4.04. The number of amides is 1. The predicted molar refractivity (Wildman–Crippen MR) is 60.8 cm³/mol. The SMILES string of the molecule is CC(C)CN1C(=O)COc2cc(O)ccc21. The van der Waals surface area contributed by atoms with Crippen LogP contribution in [0.2, 0.25) is 0 Å². The summed E-state index contributed by atoms with van der Waals surface area (Å²) < 4.78 is 5.28. The maximum atomic E-state index is 11.7. The Morgan fingerprint density at radius 2 is 2.25 bits per heavy atom. The molecule has 1 N–H and O–H groups in total. The number of phenols is 1. The van der Waals surface area contributed by atoms with Gasteiger partial charge in [0.1, 0.15) is 11.5 Å². The molecule has 0 unspecified atom stereocenters. The number of nitrogens with zero attached hydrogens (tertiary/aromatic N) is 1. The lowest BCUT2D eigenvalue weighted by Gasteiger charge is -2.30. The standard InChI is InChI=1S/C12H15NO3/c1-8(2)6-13-10-4-3-9(14)5-11(10)16-7-12(13)15/h3-5,8,14H,6-7H2,1-2H3. The molecule has 0 saturated carbocycles. The van der Waals surface area contributed by atoms with Crippen LogP contribution in [0.1, 0.15) is 13.8 Å². The minimum Gasteiger partial charge on any atom is -0.508 e. The molecule has 2 rings (SSSR count). The monoisotopic (exact) mass is 221 g/mol. The quantitative estimate of drug-likeness (QED) is 0.828. The van der Waals surface area contributed by atoms with Gasteiger partial charge in [0.25, 0.3) is 5.91 Å². The van der Waals surface area contributed by atoms with Gasteiger partial charge >= 0.3 is 0 Å². The summed E-state index contributed by atoms with van der Waals surface area (Å²) in [5, 5.41) is 9.34. The van der Waals surface area contributed by atoms with Crippen molar-refractivity contribution in [3.8, 4) is 11.5 Å². The van der Waals surface area contributed by atoms with Gasteiger partial charge in [-0.3, -0.25) is 4.79 Å². The van der Waals surface area contributed by atoms with Crippen LogP contribution in [0.4, 0.5) is 5.69 Å². The third-order valence-electron chi connectivity index (χ3n) is 2.43. The van der Waals surface area contributed by atoms with E-state index in [1.807, 2.05) is 0 Å². The largest absolute Gasteiger partial charge is 0.508 e. The Labute approximate surface area is 94.4 Å². The van der Waals surface area contributed by atoms with Crippen LogP contribution >= 0.6 is 0 Å². The second-order valence-corrected chi connectivity index (χ2v) is 4.34. The van der Waals surface area contributed by atoms with E-state index in [1.54, 1.807) is 17.0 Å². The lowest BCUT2D eigenvalue weighted by molar-refractivity contribution is -0.121. The topological polar surface area (TPSA) is 49.8 Å². The normalized spacial score (nSPS) is 14.9. The number of phenolic OH excluding ortho intramolecular Hbond substituents is 1. The molecule has 1 aliphatic heterocycles. The van der Waals surface area contributed by atoms with Gasteiger partial charge in [-0.05, 0) is 18.1 Å².